The number of sulfonamides is 1. The van der Waals surface area contributed by atoms with Crippen LogP contribution in [0.2, 0.25) is 0 Å². The minimum absolute atomic E-state index is 0.0835. The second-order valence-corrected chi connectivity index (χ2v) is 9.01. The number of likely N-dealkylation sites (tertiary alicyclic amines) is 1. The standard InChI is InChI=1S/C17H23N3O3S/c21-16-13-20(24(22,23)15-4-2-1-3-5-15)17(18-16)8-10-19(11-9-17)12-14-6-7-14/h1-5,14H,6-13H2,(H,18,21). The highest BCUT2D eigenvalue weighted by molar-refractivity contribution is 7.89. The molecule has 0 aromatic heterocycles. The molecular weight excluding hydrogens is 326 g/mol. The van der Waals surface area contributed by atoms with Gasteiger partial charge in [-0.05, 0) is 43.7 Å². The smallest absolute Gasteiger partial charge is 0.245 e. The number of nitrogens with one attached hydrogen (secondary N) is 1. The Morgan fingerprint density at radius 3 is 2.42 bits per heavy atom. The van der Waals surface area contributed by atoms with Crippen molar-refractivity contribution in [1.29, 1.82) is 0 Å². The van der Waals surface area contributed by atoms with E-state index in [-0.39, 0.29) is 17.3 Å². The first kappa shape index (κ1) is 16.1. The Morgan fingerprint density at radius 1 is 1.12 bits per heavy atom. The lowest BCUT2D eigenvalue weighted by Gasteiger charge is -2.43. The molecule has 1 aromatic carbocycles. The van der Waals surface area contributed by atoms with Gasteiger partial charge in [-0.2, -0.15) is 4.31 Å². The van der Waals surface area contributed by atoms with E-state index >= 15 is 0 Å². The summed E-state index contributed by atoms with van der Waals surface area (Å²) in [5.74, 6) is 0.617. The molecule has 1 aromatic rings. The number of benzene rings is 1. The molecule has 0 radical (unpaired) electrons. The summed E-state index contributed by atoms with van der Waals surface area (Å²) in [6, 6.07) is 8.40. The Hall–Kier alpha value is -1.44. The molecule has 1 N–H and O–H groups in total. The highest BCUT2D eigenvalue weighted by Crippen LogP contribution is 2.36. The van der Waals surface area contributed by atoms with Crippen molar-refractivity contribution >= 4 is 15.9 Å². The summed E-state index contributed by atoms with van der Waals surface area (Å²) in [5, 5.41) is 2.97. The molecule has 0 bridgehead atoms. The van der Waals surface area contributed by atoms with Crippen molar-refractivity contribution < 1.29 is 13.2 Å². The Morgan fingerprint density at radius 2 is 1.79 bits per heavy atom. The SMILES string of the molecule is O=C1CN(S(=O)(=O)c2ccccc2)C2(CCN(CC3CC3)CC2)N1. The minimum atomic E-state index is -3.68. The number of carbonyl (C=O) groups is 1. The zero-order valence-corrected chi connectivity index (χ0v) is 14.5. The maximum absolute atomic E-state index is 13.0. The summed E-state index contributed by atoms with van der Waals surface area (Å²) in [6.45, 7) is 2.69. The van der Waals surface area contributed by atoms with Crippen molar-refractivity contribution in [3.8, 4) is 0 Å². The molecule has 4 rings (SSSR count). The number of hydrogen-bond acceptors (Lipinski definition) is 4. The predicted molar refractivity (Wildman–Crippen MR) is 89.6 cm³/mol. The fourth-order valence-corrected chi connectivity index (χ4v) is 5.55. The zero-order valence-electron chi connectivity index (χ0n) is 13.6. The summed E-state index contributed by atoms with van der Waals surface area (Å²) < 4.78 is 27.5. The average Bonchev–Trinajstić information content (AvgIpc) is 3.33. The van der Waals surface area contributed by atoms with Gasteiger partial charge in [0.05, 0.1) is 11.4 Å². The molecule has 24 heavy (non-hydrogen) atoms. The van der Waals surface area contributed by atoms with Crippen molar-refractivity contribution in [2.24, 2.45) is 5.92 Å². The largest absolute Gasteiger partial charge is 0.336 e. The Bertz CT molecular complexity index is 723. The van der Waals surface area contributed by atoms with Gasteiger partial charge in [0, 0.05) is 19.6 Å². The quantitative estimate of drug-likeness (QED) is 0.881. The lowest BCUT2D eigenvalue weighted by molar-refractivity contribution is -0.119. The van der Waals surface area contributed by atoms with E-state index in [1.807, 2.05) is 0 Å². The van der Waals surface area contributed by atoms with E-state index in [0.717, 1.165) is 25.6 Å². The third-order valence-corrected chi connectivity index (χ3v) is 7.29. The van der Waals surface area contributed by atoms with Crippen molar-refractivity contribution in [3.63, 3.8) is 0 Å². The molecule has 7 heteroatoms. The van der Waals surface area contributed by atoms with Gasteiger partial charge in [-0.1, -0.05) is 18.2 Å². The molecule has 0 atom stereocenters. The van der Waals surface area contributed by atoms with Crippen LogP contribution < -0.4 is 5.32 Å². The van der Waals surface area contributed by atoms with Crippen LogP contribution >= 0.6 is 0 Å². The van der Waals surface area contributed by atoms with Gasteiger partial charge in [-0.25, -0.2) is 8.42 Å². The van der Waals surface area contributed by atoms with Crippen molar-refractivity contribution in [2.45, 2.75) is 36.2 Å². The zero-order chi connectivity index (χ0) is 16.8. The van der Waals surface area contributed by atoms with Crippen LogP contribution in [0.4, 0.5) is 0 Å². The van der Waals surface area contributed by atoms with Gasteiger partial charge in [0.2, 0.25) is 15.9 Å². The normalized spacial score (nSPS) is 25.1. The molecule has 1 spiro atoms. The van der Waals surface area contributed by atoms with Gasteiger partial charge >= 0.3 is 0 Å². The fraction of sp³-hybridized carbons (Fsp3) is 0.588. The van der Waals surface area contributed by atoms with Crippen LogP contribution in [0.1, 0.15) is 25.7 Å². The second-order valence-electron chi connectivity index (χ2n) is 7.15. The third kappa shape index (κ3) is 2.85. The fourth-order valence-electron chi connectivity index (χ4n) is 3.82. The summed E-state index contributed by atoms with van der Waals surface area (Å²) in [4.78, 5) is 14.7. The Balaban J connectivity index is 1.57. The molecule has 3 aliphatic rings. The highest BCUT2D eigenvalue weighted by Gasteiger charge is 2.52. The van der Waals surface area contributed by atoms with Crippen molar-refractivity contribution in [2.75, 3.05) is 26.2 Å². The van der Waals surface area contributed by atoms with Gasteiger partial charge in [0.15, 0.2) is 0 Å². The number of piperidine rings is 1. The molecule has 6 nitrogen and oxygen atoms in total. The van der Waals surface area contributed by atoms with E-state index in [1.165, 1.54) is 17.1 Å². The van der Waals surface area contributed by atoms with Crippen LogP contribution in [0.25, 0.3) is 0 Å². The molecule has 2 aliphatic heterocycles. The average molecular weight is 349 g/mol. The number of hydrogen-bond donors (Lipinski definition) is 1. The van der Waals surface area contributed by atoms with E-state index < -0.39 is 15.7 Å². The van der Waals surface area contributed by atoms with Crippen LogP contribution in [-0.4, -0.2) is 55.4 Å². The highest BCUT2D eigenvalue weighted by atomic mass is 32.2. The first-order valence-corrected chi connectivity index (χ1v) is 10.0. The van der Waals surface area contributed by atoms with E-state index in [2.05, 4.69) is 10.2 Å². The van der Waals surface area contributed by atoms with Gasteiger partial charge in [-0.3, -0.25) is 4.79 Å². The van der Waals surface area contributed by atoms with Crippen LogP contribution in [0.3, 0.4) is 0 Å². The van der Waals surface area contributed by atoms with Crippen LogP contribution in [-0.2, 0) is 14.8 Å². The maximum Gasteiger partial charge on any atom is 0.245 e. The number of amides is 1. The van der Waals surface area contributed by atoms with Crippen molar-refractivity contribution in [1.82, 2.24) is 14.5 Å². The summed E-state index contributed by atoms with van der Waals surface area (Å²) >= 11 is 0. The number of carbonyl (C=O) groups excluding carboxylic acids is 1. The van der Waals surface area contributed by atoms with Gasteiger partial charge in [0.25, 0.3) is 0 Å². The lowest BCUT2D eigenvalue weighted by atomic mass is 9.97. The third-order valence-electron chi connectivity index (χ3n) is 5.36. The molecule has 0 unspecified atom stereocenters. The molecule has 1 saturated carbocycles. The predicted octanol–water partition coefficient (Wildman–Crippen LogP) is 1.01. The molecule has 130 valence electrons. The van der Waals surface area contributed by atoms with E-state index in [4.69, 9.17) is 0 Å². The second kappa shape index (κ2) is 5.82. The molecule has 2 saturated heterocycles. The van der Waals surface area contributed by atoms with E-state index in [0.29, 0.717) is 12.8 Å². The topological polar surface area (TPSA) is 69.7 Å². The minimum Gasteiger partial charge on any atom is -0.336 e. The summed E-state index contributed by atoms with van der Waals surface area (Å²) in [5.41, 5.74) is -0.758. The van der Waals surface area contributed by atoms with Crippen molar-refractivity contribution in [3.05, 3.63) is 30.3 Å². The first-order chi connectivity index (χ1) is 11.5. The molecule has 1 amide bonds. The van der Waals surface area contributed by atoms with Gasteiger partial charge in [-0.15, -0.1) is 0 Å². The molecular formula is C17H23N3O3S. The summed E-state index contributed by atoms with van der Waals surface area (Å²) in [7, 11) is -3.68. The molecule has 3 fully saturated rings. The van der Waals surface area contributed by atoms with Gasteiger partial charge in [0.1, 0.15) is 5.66 Å². The number of rotatable bonds is 4. The lowest BCUT2D eigenvalue weighted by Crippen LogP contribution is -2.59. The maximum atomic E-state index is 13.0. The van der Waals surface area contributed by atoms with Crippen LogP contribution in [0, 0.1) is 5.92 Å². The Labute approximate surface area is 142 Å². The Kier molecular flexibility index (Phi) is 3.89. The van der Waals surface area contributed by atoms with Crippen LogP contribution in [0.5, 0.6) is 0 Å². The van der Waals surface area contributed by atoms with Crippen LogP contribution in [0.15, 0.2) is 35.2 Å². The summed E-state index contributed by atoms with van der Waals surface area (Å²) in [6.07, 6.45) is 3.93. The number of nitrogens with zero attached hydrogens (tertiary/aromatic N) is 2. The van der Waals surface area contributed by atoms with Gasteiger partial charge < -0.3 is 10.2 Å². The molecule has 2 heterocycles. The van der Waals surface area contributed by atoms with E-state index in [1.54, 1.807) is 30.3 Å². The van der Waals surface area contributed by atoms with E-state index in [9.17, 15) is 13.2 Å². The monoisotopic (exact) mass is 349 g/mol. The first-order valence-electron chi connectivity index (χ1n) is 8.61. The molecule has 1 aliphatic carbocycles.